The van der Waals surface area contributed by atoms with Gasteiger partial charge in [-0.15, -0.1) is 0 Å². The van der Waals surface area contributed by atoms with Crippen LogP contribution in [0.2, 0.25) is 0 Å². The Hall–Kier alpha value is -2.34. The molecule has 0 bridgehead atoms. The van der Waals surface area contributed by atoms with Crippen molar-refractivity contribution in [1.29, 1.82) is 0 Å². The molecule has 0 aliphatic carbocycles. The summed E-state index contributed by atoms with van der Waals surface area (Å²) in [5.41, 5.74) is 0.236. The van der Waals surface area contributed by atoms with Crippen LogP contribution in [-0.2, 0) is 16.1 Å². The van der Waals surface area contributed by atoms with Gasteiger partial charge in [0.2, 0.25) is 0 Å². The van der Waals surface area contributed by atoms with Crippen molar-refractivity contribution in [2.45, 2.75) is 45.9 Å². The van der Waals surface area contributed by atoms with Gasteiger partial charge in [-0.2, -0.15) is 0 Å². The van der Waals surface area contributed by atoms with Gasteiger partial charge in [0, 0.05) is 12.0 Å². The van der Waals surface area contributed by atoms with Gasteiger partial charge in [0.25, 0.3) is 0 Å². The topological polar surface area (TPSA) is 95.9 Å². The van der Waals surface area contributed by atoms with Crippen LogP contribution in [0, 0.1) is 5.41 Å². The second-order valence-corrected chi connectivity index (χ2v) is 6.73. The smallest absolute Gasteiger partial charge is 0.407 e. The Morgan fingerprint density at radius 2 is 1.83 bits per heavy atom. The maximum Gasteiger partial charge on any atom is 0.407 e. The summed E-state index contributed by atoms with van der Waals surface area (Å²) in [5.74, 6) is -1.17. The fraction of sp³-hybridized carbons (Fsp3) is 0.444. The highest BCUT2D eigenvalue weighted by Gasteiger charge is 2.34. The number of carbonyl (C=O) groups is 2. The molecule has 1 rings (SSSR count). The Kier molecular flexibility index (Phi) is 6.97. The van der Waals surface area contributed by atoms with E-state index in [1.54, 1.807) is 0 Å². The van der Waals surface area contributed by atoms with Crippen LogP contribution in [0.4, 0.5) is 4.79 Å². The SMILES string of the molecule is C=C(C[C@@H](O)[C@@H](NC(=O)OCc1ccccc1)C(C)(C)C)C(=O)O. The third kappa shape index (κ3) is 6.42. The maximum atomic E-state index is 12.0. The van der Waals surface area contributed by atoms with Crippen molar-refractivity contribution in [3.63, 3.8) is 0 Å². The number of alkyl carbamates (subject to hydrolysis) is 1. The van der Waals surface area contributed by atoms with Crippen LogP contribution in [0.1, 0.15) is 32.8 Å². The number of carbonyl (C=O) groups excluding carboxylic acids is 1. The highest BCUT2D eigenvalue weighted by atomic mass is 16.5. The summed E-state index contributed by atoms with van der Waals surface area (Å²) in [4.78, 5) is 22.9. The molecular formula is C18H25NO5. The Bertz CT molecular complexity index is 577. The third-order valence-corrected chi connectivity index (χ3v) is 3.56. The highest BCUT2D eigenvalue weighted by molar-refractivity contribution is 5.85. The van der Waals surface area contributed by atoms with Gasteiger partial charge in [0.15, 0.2) is 0 Å². The number of aliphatic carboxylic acids is 1. The third-order valence-electron chi connectivity index (χ3n) is 3.56. The minimum atomic E-state index is -1.17. The first kappa shape index (κ1) is 19.7. The number of carboxylic acids is 1. The summed E-state index contributed by atoms with van der Waals surface area (Å²) in [6, 6.07) is 8.54. The summed E-state index contributed by atoms with van der Waals surface area (Å²) in [6.45, 7) is 9.03. The van der Waals surface area contributed by atoms with E-state index in [4.69, 9.17) is 9.84 Å². The zero-order valence-electron chi connectivity index (χ0n) is 14.3. The van der Waals surface area contributed by atoms with Crippen molar-refractivity contribution < 1.29 is 24.5 Å². The van der Waals surface area contributed by atoms with Crippen LogP contribution in [0.15, 0.2) is 42.5 Å². The molecule has 1 amide bonds. The van der Waals surface area contributed by atoms with Gasteiger partial charge in [0.05, 0.1) is 12.1 Å². The molecule has 0 heterocycles. The van der Waals surface area contributed by atoms with Crippen LogP contribution in [0.25, 0.3) is 0 Å². The number of hydrogen-bond donors (Lipinski definition) is 3. The molecule has 0 aliphatic rings. The second-order valence-electron chi connectivity index (χ2n) is 6.73. The first-order valence-corrected chi connectivity index (χ1v) is 7.67. The van der Waals surface area contributed by atoms with E-state index >= 15 is 0 Å². The molecule has 0 spiro atoms. The van der Waals surface area contributed by atoms with Crippen LogP contribution in [0.3, 0.4) is 0 Å². The molecular weight excluding hydrogens is 310 g/mol. The molecule has 132 valence electrons. The van der Waals surface area contributed by atoms with Gasteiger partial charge >= 0.3 is 12.1 Å². The van der Waals surface area contributed by atoms with Gasteiger partial charge in [-0.05, 0) is 11.0 Å². The number of aliphatic hydroxyl groups is 1. The zero-order valence-corrected chi connectivity index (χ0v) is 14.3. The van der Waals surface area contributed by atoms with Gasteiger partial charge < -0.3 is 20.3 Å². The minimum absolute atomic E-state index is 0.113. The molecule has 0 saturated heterocycles. The summed E-state index contributed by atoms with van der Waals surface area (Å²) in [7, 11) is 0. The molecule has 0 saturated carbocycles. The number of nitrogens with one attached hydrogen (secondary N) is 1. The molecule has 1 aromatic carbocycles. The molecule has 6 nitrogen and oxygen atoms in total. The zero-order chi connectivity index (χ0) is 18.3. The molecule has 0 aromatic heterocycles. The lowest BCUT2D eigenvalue weighted by Gasteiger charge is -2.34. The standard InChI is InChI=1S/C18H25NO5/c1-12(16(21)22)10-14(20)15(18(2,3)4)19-17(23)24-11-13-8-6-5-7-9-13/h5-9,14-15,20H,1,10-11H2,2-4H3,(H,19,23)(H,21,22)/t14-,15-/m1/s1. The predicted molar refractivity (Wildman–Crippen MR) is 90.4 cm³/mol. The van der Waals surface area contributed by atoms with Crippen molar-refractivity contribution in [2.75, 3.05) is 0 Å². The van der Waals surface area contributed by atoms with Crippen LogP contribution >= 0.6 is 0 Å². The molecule has 2 atom stereocenters. The highest BCUT2D eigenvalue weighted by Crippen LogP contribution is 2.25. The number of hydrogen-bond acceptors (Lipinski definition) is 4. The quantitative estimate of drug-likeness (QED) is 0.666. The summed E-state index contributed by atoms with van der Waals surface area (Å²) >= 11 is 0. The first-order chi connectivity index (χ1) is 11.1. The average molecular weight is 335 g/mol. The number of benzene rings is 1. The summed E-state index contributed by atoms with van der Waals surface area (Å²) in [6.07, 6.45) is -1.90. The van der Waals surface area contributed by atoms with Gasteiger partial charge in [0.1, 0.15) is 6.61 Å². The number of amides is 1. The summed E-state index contributed by atoms with van der Waals surface area (Å²) < 4.78 is 5.16. The normalized spacial score (nSPS) is 13.7. The van der Waals surface area contributed by atoms with Crippen molar-refractivity contribution in [1.82, 2.24) is 5.32 Å². The van der Waals surface area contributed by atoms with E-state index in [2.05, 4.69) is 11.9 Å². The minimum Gasteiger partial charge on any atom is -0.478 e. The van der Waals surface area contributed by atoms with E-state index in [0.29, 0.717) is 0 Å². The van der Waals surface area contributed by atoms with E-state index in [1.807, 2.05) is 51.1 Å². The van der Waals surface area contributed by atoms with Crippen molar-refractivity contribution in [3.05, 3.63) is 48.0 Å². The average Bonchev–Trinajstić information content (AvgIpc) is 2.50. The van der Waals surface area contributed by atoms with E-state index in [1.165, 1.54) is 0 Å². The molecule has 0 fully saturated rings. The fourth-order valence-electron chi connectivity index (χ4n) is 2.24. The lowest BCUT2D eigenvalue weighted by atomic mass is 9.81. The van der Waals surface area contributed by atoms with Crippen molar-refractivity contribution in [3.8, 4) is 0 Å². The van der Waals surface area contributed by atoms with Gasteiger partial charge in [-0.3, -0.25) is 0 Å². The molecule has 1 aromatic rings. The Morgan fingerprint density at radius 3 is 2.33 bits per heavy atom. The Morgan fingerprint density at radius 1 is 1.25 bits per heavy atom. The number of ether oxygens (including phenoxy) is 1. The van der Waals surface area contributed by atoms with Crippen LogP contribution in [0.5, 0.6) is 0 Å². The number of rotatable bonds is 7. The van der Waals surface area contributed by atoms with Crippen molar-refractivity contribution >= 4 is 12.1 Å². The molecule has 0 radical (unpaired) electrons. The van der Waals surface area contributed by atoms with E-state index in [9.17, 15) is 14.7 Å². The van der Waals surface area contributed by atoms with Crippen molar-refractivity contribution in [2.24, 2.45) is 5.41 Å². The Labute approximate surface area is 142 Å². The molecule has 0 aliphatic heterocycles. The molecule has 3 N–H and O–H groups in total. The molecule has 6 heteroatoms. The van der Waals surface area contributed by atoms with E-state index in [-0.39, 0.29) is 18.6 Å². The first-order valence-electron chi connectivity index (χ1n) is 7.67. The molecule has 24 heavy (non-hydrogen) atoms. The van der Waals surface area contributed by atoms with Gasteiger partial charge in [-0.1, -0.05) is 57.7 Å². The summed E-state index contributed by atoms with van der Waals surface area (Å²) in [5, 5.41) is 21.8. The maximum absolute atomic E-state index is 12.0. The largest absolute Gasteiger partial charge is 0.478 e. The van der Waals surface area contributed by atoms with E-state index in [0.717, 1.165) is 5.56 Å². The monoisotopic (exact) mass is 335 g/mol. The second kappa shape index (κ2) is 8.49. The van der Waals surface area contributed by atoms with Gasteiger partial charge in [-0.25, -0.2) is 9.59 Å². The Balaban J connectivity index is 2.66. The van der Waals surface area contributed by atoms with Crippen LogP contribution in [-0.4, -0.2) is 34.4 Å². The lowest BCUT2D eigenvalue weighted by Crippen LogP contribution is -2.51. The van der Waals surface area contributed by atoms with E-state index < -0.39 is 29.6 Å². The number of carboxylic acid groups (broad SMARTS) is 1. The number of aliphatic hydroxyl groups excluding tert-OH is 1. The van der Waals surface area contributed by atoms with Crippen LogP contribution < -0.4 is 5.32 Å². The molecule has 0 unspecified atom stereocenters. The lowest BCUT2D eigenvalue weighted by molar-refractivity contribution is -0.133. The fourth-order valence-corrected chi connectivity index (χ4v) is 2.24. The predicted octanol–water partition coefficient (Wildman–Crippen LogP) is 2.72.